The third-order valence-electron chi connectivity index (χ3n) is 13.3. The summed E-state index contributed by atoms with van der Waals surface area (Å²) in [7, 11) is 0. The van der Waals surface area contributed by atoms with E-state index in [0.717, 1.165) is 99.7 Å². The molecular formula is C60H36N2O2. The molecule has 0 radical (unpaired) electrons. The van der Waals surface area contributed by atoms with Gasteiger partial charge in [0.1, 0.15) is 16.7 Å². The summed E-state index contributed by atoms with van der Waals surface area (Å²) in [4.78, 5) is 0. The molecule has 4 aromatic heterocycles. The first-order valence-corrected chi connectivity index (χ1v) is 21.8. The van der Waals surface area contributed by atoms with E-state index in [4.69, 9.17) is 8.83 Å². The van der Waals surface area contributed by atoms with Crippen LogP contribution in [0.3, 0.4) is 0 Å². The smallest absolute Gasteiger partial charge is 0.159 e. The van der Waals surface area contributed by atoms with Crippen molar-refractivity contribution in [3.8, 4) is 44.8 Å². The van der Waals surface area contributed by atoms with Crippen molar-refractivity contribution in [1.29, 1.82) is 0 Å². The van der Waals surface area contributed by atoms with Crippen LogP contribution in [0.5, 0.6) is 0 Å². The summed E-state index contributed by atoms with van der Waals surface area (Å²) in [6.45, 7) is 0. The van der Waals surface area contributed by atoms with Crippen molar-refractivity contribution in [1.82, 2.24) is 9.13 Å². The lowest BCUT2D eigenvalue weighted by molar-refractivity contribution is 0.666. The lowest BCUT2D eigenvalue weighted by atomic mass is 9.91. The standard InChI is InChI=1S/C60H36N2O2/c1-2-15-41(16-3-1)61-52-26-8-4-17-44(52)48-23-12-21-42(58(48)61)39-33-38(37-31-32-57-51(36-37)47-20-7-10-29-55(47)63-57)34-40(35-39)43-22-13-24-49-45-18-5-9-27-53(45)62(59(43)49)54-28-14-25-50-46-19-6-11-30-56(46)64-60(50)54/h1-36H. The summed E-state index contributed by atoms with van der Waals surface area (Å²) in [5.41, 5.74) is 17.1. The third kappa shape index (κ3) is 5.05. The molecule has 4 nitrogen and oxygen atoms in total. The van der Waals surface area contributed by atoms with Crippen LogP contribution in [0.15, 0.2) is 227 Å². The Hall–Kier alpha value is -8.60. The maximum absolute atomic E-state index is 6.75. The number of furan rings is 2. The Balaban J connectivity index is 1.10. The molecule has 0 atom stereocenters. The van der Waals surface area contributed by atoms with Crippen LogP contribution in [0, 0.1) is 0 Å². The fraction of sp³-hybridized carbons (Fsp3) is 0. The Morgan fingerprint density at radius 1 is 0.281 bits per heavy atom. The summed E-state index contributed by atoms with van der Waals surface area (Å²) >= 11 is 0. The van der Waals surface area contributed by atoms with Crippen molar-refractivity contribution in [2.24, 2.45) is 0 Å². The highest BCUT2D eigenvalue weighted by Crippen LogP contribution is 2.45. The second kappa shape index (κ2) is 13.4. The van der Waals surface area contributed by atoms with E-state index in [9.17, 15) is 0 Å². The van der Waals surface area contributed by atoms with Gasteiger partial charge in [-0.1, -0.05) is 146 Å². The number of aromatic nitrogens is 2. The van der Waals surface area contributed by atoms with Crippen molar-refractivity contribution in [2.75, 3.05) is 0 Å². The minimum Gasteiger partial charge on any atom is -0.456 e. The SMILES string of the molecule is c1ccc(-n2c3ccccc3c3cccc(-c4cc(-c5ccc6oc7ccccc7c6c5)cc(-c5cccc6c7ccccc7n(-c7cccc8c7oc7ccccc78)c56)c4)c32)cc1. The highest BCUT2D eigenvalue weighted by molar-refractivity contribution is 6.17. The Morgan fingerprint density at radius 3 is 1.48 bits per heavy atom. The van der Waals surface area contributed by atoms with Crippen LogP contribution in [-0.2, 0) is 0 Å². The van der Waals surface area contributed by atoms with Gasteiger partial charge in [-0.05, 0) is 95.1 Å². The molecule has 0 aliphatic carbocycles. The highest BCUT2D eigenvalue weighted by Gasteiger charge is 2.23. The molecule has 298 valence electrons. The first-order chi connectivity index (χ1) is 31.7. The molecule has 4 heteroatoms. The molecule has 0 N–H and O–H groups in total. The topological polar surface area (TPSA) is 36.1 Å². The number of rotatable bonds is 5. The van der Waals surface area contributed by atoms with Crippen LogP contribution in [0.2, 0.25) is 0 Å². The third-order valence-corrected chi connectivity index (χ3v) is 13.3. The second-order valence-corrected chi connectivity index (χ2v) is 16.8. The van der Waals surface area contributed by atoms with Gasteiger partial charge >= 0.3 is 0 Å². The van der Waals surface area contributed by atoms with Gasteiger partial charge in [0.15, 0.2) is 5.58 Å². The Kier molecular flexibility index (Phi) is 7.36. The molecule has 10 aromatic carbocycles. The monoisotopic (exact) mass is 816 g/mol. The van der Waals surface area contributed by atoms with Gasteiger partial charge in [0.05, 0.1) is 27.8 Å². The minimum absolute atomic E-state index is 0.872. The summed E-state index contributed by atoms with van der Waals surface area (Å²) < 4.78 is 17.9. The number of para-hydroxylation sites is 8. The Bertz CT molecular complexity index is 4200. The van der Waals surface area contributed by atoms with Gasteiger partial charge in [-0.3, -0.25) is 0 Å². The first kappa shape index (κ1) is 35.0. The highest BCUT2D eigenvalue weighted by atomic mass is 16.3. The summed E-state index contributed by atoms with van der Waals surface area (Å²) in [5, 5.41) is 9.26. The van der Waals surface area contributed by atoms with Crippen molar-refractivity contribution in [3.63, 3.8) is 0 Å². The molecule has 0 spiro atoms. The van der Waals surface area contributed by atoms with E-state index in [-0.39, 0.29) is 0 Å². The van der Waals surface area contributed by atoms with Crippen LogP contribution >= 0.6 is 0 Å². The van der Waals surface area contributed by atoms with E-state index in [0.29, 0.717) is 0 Å². The van der Waals surface area contributed by atoms with E-state index in [1.54, 1.807) is 0 Å². The van der Waals surface area contributed by atoms with Gasteiger partial charge in [-0.25, -0.2) is 0 Å². The second-order valence-electron chi connectivity index (χ2n) is 16.8. The van der Waals surface area contributed by atoms with E-state index in [1.165, 1.54) is 32.6 Å². The summed E-state index contributed by atoms with van der Waals surface area (Å²) in [6, 6.07) is 78.7. The fourth-order valence-corrected chi connectivity index (χ4v) is 10.5. The van der Waals surface area contributed by atoms with Gasteiger partial charge in [0.2, 0.25) is 0 Å². The van der Waals surface area contributed by atoms with E-state index in [2.05, 4.69) is 209 Å². The molecule has 0 saturated carbocycles. The number of fused-ring (bicyclic) bond motifs is 12. The molecular weight excluding hydrogens is 781 g/mol. The molecule has 4 heterocycles. The van der Waals surface area contributed by atoms with Gasteiger partial charge < -0.3 is 18.0 Å². The molecule has 0 saturated heterocycles. The largest absolute Gasteiger partial charge is 0.456 e. The quantitative estimate of drug-likeness (QED) is 0.173. The fourth-order valence-electron chi connectivity index (χ4n) is 10.5. The van der Waals surface area contributed by atoms with Crippen molar-refractivity contribution in [2.45, 2.75) is 0 Å². The predicted molar refractivity (Wildman–Crippen MR) is 266 cm³/mol. The van der Waals surface area contributed by atoms with Crippen LogP contribution in [0.4, 0.5) is 0 Å². The molecule has 0 fully saturated rings. The molecule has 0 amide bonds. The zero-order valence-corrected chi connectivity index (χ0v) is 34.5. The molecule has 0 aliphatic heterocycles. The van der Waals surface area contributed by atoms with E-state index < -0.39 is 0 Å². The van der Waals surface area contributed by atoms with Gasteiger partial charge in [-0.15, -0.1) is 0 Å². The molecule has 0 unspecified atom stereocenters. The van der Waals surface area contributed by atoms with Gasteiger partial charge in [0, 0.05) is 59.9 Å². The molecule has 0 bridgehead atoms. The molecule has 14 aromatic rings. The average molecular weight is 817 g/mol. The van der Waals surface area contributed by atoms with Crippen molar-refractivity contribution in [3.05, 3.63) is 218 Å². The predicted octanol–water partition coefficient (Wildman–Crippen LogP) is 16.7. The van der Waals surface area contributed by atoms with Crippen LogP contribution in [-0.4, -0.2) is 9.13 Å². The Morgan fingerprint density at radius 2 is 0.781 bits per heavy atom. The maximum Gasteiger partial charge on any atom is 0.159 e. The maximum atomic E-state index is 6.75. The number of hydrogen-bond acceptors (Lipinski definition) is 2. The van der Waals surface area contributed by atoms with Crippen LogP contribution in [0.25, 0.3) is 132 Å². The van der Waals surface area contributed by atoms with Crippen molar-refractivity contribution >= 4 is 87.5 Å². The molecule has 14 rings (SSSR count). The van der Waals surface area contributed by atoms with Crippen LogP contribution in [0.1, 0.15) is 0 Å². The minimum atomic E-state index is 0.872. The molecule has 64 heavy (non-hydrogen) atoms. The zero-order chi connectivity index (χ0) is 41.9. The van der Waals surface area contributed by atoms with E-state index >= 15 is 0 Å². The molecule has 0 aliphatic rings. The zero-order valence-electron chi connectivity index (χ0n) is 34.5. The first-order valence-electron chi connectivity index (χ1n) is 21.8. The summed E-state index contributed by atoms with van der Waals surface area (Å²) in [5.74, 6) is 0. The number of benzene rings is 10. The van der Waals surface area contributed by atoms with E-state index in [1.807, 2.05) is 18.2 Å². The summed E-state index contributed by atoms with van der Waals surface area (Å²) in [6.07, 6.45) is 0. The van der Waals surface area contributed by atoms with Gasteiger partial charge in [0.25, 0.3) is 0 Å². The number of nitrogens with zero attached hydrogens (tertiary/aromatic N) is 2. The van der Waals surface area contributed by atoms with Crippen molar-refractivity contribution < 1.29 is 8.83 Å². The lowest BCUT2D eigenvalue weighted by Crippen LogP contribution is -1.97. The lowest BCUT2D eigenvalue weighted by Gasteiger charge is -2.16. The van der Waals surface area contributed by atoms with Crippen LogP contribution < -0.4 is 0 Å². The number of hydrogen-bond donors (Lipinski definition) is 0. The van der Waals surface area contributed by atoms with Gasteiger partial charge in [-0.2, -0.15) is 0 Å². The normalized spacial score (nSPS) is 12.1. The average Bonchev–Trinajstić information content (AvgIpc) is 4.12. The Labute approximate surface area is 367 Å².